The second-order valence-electron chi connectivity index (χ2n) is 2.33. The van der Waals surface area contributed by atoms with Gasteiger partial charge in [-0.2, -0.15) is 0 Å². The Hall–Kier alpha value is -0.160. The third-order valence-corrected chi connectivity index (χ3v) is 1.72. The molecule has 5 heteroatoms. The van der Waals surface area contributed by atoms with Crippen molar-refractivity contribution in [3.05, 3.63) is 0 Å². The molecule has 1 N–H and O–H groups in total. The molecule has 58 valence electrons. The molecule has 1 aliphatic rings. The maximum atomic E-state index is 12.3. The van der Waals surface area contributed by atoms with Gasteiger partial charge in [-0.25, -0.2) is 8.78 Å². The summed E-state index contributed by atoms with van der Waals surface area (Å²) < 4.78 is 24.6. The van der Waals surface area contributed by atoms with Gasteiger partial charge in [0.1, 0.15) is 0 Å². The second kappa shape index (κ2) is 2.47. The molecule has 0 aromatic heterocycles. The van der Waals surface area contributed by atoms with E-state index in [4.69, 9.17) is 0 Å². The molecule has 1 aliphatic heterocycles. The van der Waals surface area contributed by atoms with E-state index in [0.717, 1.165) is 0 Å². The molecule has 1 fully saturated rings. The molecule has 0 radical (unpaired) electrons. The normalized spacial score (nSPS) is 30.5. The Balaban J connectivity index is 2.51. The number of hydrogen-bond donors (Lipinski definition) is 2. The molecule has 1 heterocycles. The Morgan fingerprint density at radius 1 is 1.70 bits per heavy atom. The molecule has 10 heavy (non-hydrogen) atoms. The first-order valence-electron chi connectivity index (χ1n) is 2.85. The number of rotatable bonds is 1. The van der Waals surface area contributed by atoms with Crippen molar-refractivity contribution in [1.82, 2.24) is 5.32 Å². The third kappa shape index (κ3) is 1.67. The van der Waals surface area contributed by atoms with Crippen LogP contribution in [0.1, 0.15) is 6.42 Å². The Labute approximate surface area is 62.4 Å². The number of halogens is 2. The van der Waals surface area contributed by atoms with Gasteiger partial charge in [0.25, 0.3) is 5.92 Å². The van der Waals surface area contributed by atoms with Gasteiger partial charge in [0.05, 0.1) is 12.6 Å². The van der Waals surface area contributed by atoms with Crippen LogP contribution < -0.4 is 5.32 Å². The molecule has 0 saturated carbocycles. The standard InChI is InChI=1S/C5H7F2NOS/c6-5(7)1-3(4(9)10)8-2-5/h3,8H,1-2H2,(H,9,10)/t3-/m0/s1. The lowest BCUT2D eigenvalue weighted by atomic mass is 10.2. The fourth-order valence-corrected chi connectivity index (χ4v) is 1.07. The van der Waals surface area contributed by atoms with E-state index < -0.39 is 30.0 Å². The van der Waals surface area contributed by atoms with Crippen molar-refractivity contribution in [2.75, 3.05) is 6.54 Å². The van der Waals surface area contributed by atoms with Gasteiger partial charge >= 0.3 is 0 Å². The summed E-state index contributed by atoms with van der Waals surface area (Å²) >= 11 is 3.44. The highest BCUT2D eigenvalue weighted by molar-refractivity contribution is 7.96. The van der Waals surface area contributed by atoms with Gasteiger partial charge in [-0.3, -0.25) is 4.79 Å². The quantitative estimate of drug-likeness (QED) is 0.555. The van der Waals surface area contributed by atoms with E-state index in [1.807, 2.05) is 0 Å². The van der Waals surface area contributed by atoms with Crippen LogP contribution in [-0.2, 0) is 4.79 Å². The smallest absolute Gasteiger partial charge is 0.262 e. The highest BCUT2D eigenvalue weighted by Gasteiger charge is 2.41. The van der Waals surface area contributed by atoms with Gasteiger partial charge in [0.15, 0.2) is 0 Å². The van der Waals surface area contributed by atoms with Crippen molar-refractivity contribution >= 4 is 17.7 Å². The largest absolute Gasteiger partial charge is 0.301 e. The highest BCUT2D eigenvalue weighted by atomic mass is 32.1. The predicted molar refractivity (Wildman–Crippen MR) is 35.3 cm³/mol. The molecule has 0 unspecified atom stereocenters. The van der Waals surface area contributed by atoms with Crippen LogP contribution in [-0.4, -0.2) is 23.6 Å². The van der Waals surface area contributed by atoms with Crippen LogP contribution in [0.2, 0.25) is 0 Å². The predicted octanol–water partition coefficient (Wildman–Crippen LogP) is 0.440. The van der Waals surface area contributed by atoms with Crippen LogP contribution in [0.15, 0.2) is 0 Å². The zero-order valence-electron chi connectivity index (χ0n) is 5.10. The molecule has 1 saturated heterocycles. The van der Waals surface area contributed by atoms with Gasteiger partial charge < -0.3 is 5.32 Å². The Morgan fingerprint density at radius 3 is 2.50 bits per heavy atom. The number of thiol groups is 1. The minimum absolute atomic E-state index is 0.413. The summed E-state index contributed by atoms with van der Waals surface area (Å²) in [6.45, 7) is -0.413. The topological polar surface area (TPSA) is 29.1 Å². The zero-order chi connectivity index (χ0) is 7.78. The van der Waals surface area contributed by atoms with E-state index in [-0.39, 0.29) is 0 Å². The van der Waals surface area contributed by atoms with Crippen molar-refractivity contribution in [2.45, 2.75) is 18.4 Å². The Bertz CT molecular complexity index is 162. The summed E-state index contributed by atoms with van der Waals surface area (Å²) in [6, 6.07) is -0.765. The van der Waals surface area contributed by atoms with E-state index >= 15 is 0 Å². The first kappa shape index (κ1) is 7.94. The van der Waals surface area contributed by atoms with Gasteiger partial charge in [0.2, 0.25) is 5.12 Å². The first-order valence-corrected chi connectivity index (χ1v) is 3.30. The molecule has 2 nitrogen and oxygen atoms in total. The lowest BCUT2D eigenvalue weighted by molar-refractivity contribution is -0.112. The maximum absolute atomic E-state index is 12.3. The number of carbonyl (C=O) groups excluding carboxylic acids is 1. The molecule has 0 aliphatic carbocycles. The van der Waals surface area contributed by atoms with Crippen molar-refractivity contribution in [1.29, 1.82) is 0 Å². The number of carbonyl (C=O) groups is 1. The lowest BCUT2D eigenvalue weighted by Crippen LogP contribution is -2.27. The van der Waals surface area contributed by atoms with E-state index in [0.29, 0.717) is 0 Å². The minimum atomic E-state index is -2.73. The van der Waals surface area contributed by atoms with Gasteiger partial charge in [0, 0.05) is 6.42 Å². The molecular weight excluding hydrogens is 160 g/mol. The summed E-state index contributed by atoms with van der Waals surface area (Å²) in [5, 5.41) is 1.85. The molecular formula is C5H7F2NOS. The minimum Gasteiger partial charge on any atom is -0.301 e. The van der Waals surface area contributed by atoms with Crippen molar-refractivity contribution in [3.63, 3.8) is 0 Å². The van der Waals surface area contributed by atoms with Gasteiger partial charge in [-0.15, -0.1) is 12.6 Å². The van der Waals surface area contributed by atoms with E-state index in [1.165, 1.54) is 0 Å². The summed E-state index contributed by atoms with van der Waals surface area (Å²) in [6.07, 6.45) is -0.421. The van der Waals surface area contributed by atoms with Crippen molar-refractivity contribution in [3.8, 4) is 0 Å². The molecule has 1 atom stereocenters. The van der Waals surface area contributed by atoms with E-state index in [9.17, 15) is 13.6 Å². The Kier molecular flexibility index (Phi) is 1.96. The lowest BCUT2D eigenvalue weighted by Gasteiger charge is -2.04. The number of alkyl halides is 2. The van der Waals surface area contributed by atoms with Crippen LogP contribution >= 0.6 is 12.6 Å². The van der Waals surface area contributed by atoms with E-state index in [2.05, 4.69) is 17.9 Å². The molecule has 0 bridgehead atoms. The monoisotopic (exact) mass is 167 g/mol. The summed E-state index contributed by atoms with van der Waals surface area (Å²) in [5.41, 5.74) is 0. The van der Waals surface area contributed by atoms with Gasteiger partial charge in [-0.1, -0.05) is 0 Å². The number of hydrogen-bond acceptors (Lipinski definition) is 2. The average molecular weight is 167 g/mol. The molecule has 0 spiro atoms. The van der Waals surface area contributed by atoms with Crippen molar-refractivity contribution < 1.29 is 13.6 Å². The van der Waals surface area contributed by atoms with Crippen molar-refractivity contribution in [2.24, 2.45) is 0 Å². The van der Waals surface area contributed by atoms with Crippen LogP contribution in [0.5, 0.6) is 0 Å². The molecule has 1 rings (SSSR count). The fourth-order valence-electron chi connectivity index (χ4n) is 0.890. The summed E-state index contributed by atoms with van der Waals surface area (Å²) in [5.74, 6) is -2.73. The highest BCUT2D eigenvalue weighted by Crippen LogP contribution is 2.25. The SMILES string of the molecule is O=C(S)[C@@H]1CC(F)(F)CN1. The Morgan fingerprint density at radius 2 is 2.30 bits per heavy atom. The maximum Gasteiger partial charge on any atom is 0.262 e. The van der Waals surface area contributed by atoms with Crippen LogP contribution in [0.3, 0.4) is 0 Å². The second-order valence-corrected chi connectivity index (χ2v) is 2.77. The molecule has 0 aromatic rings. The third-order valence-electron chi connectivity index (χ3n) is 1.41. The van der Waals surface area contributed by atoms with Crippen LogP contribution in [0, 0.1) is 0 Å². The average Bonchev–Trinajstić information content (AvgIpc) is 2.10. The van der Waals surface area contributed by atoms with E-state index in [1.54, 1.807) is 0 Å². The summed E-state index contributed by atoms with van der Waals surface area (Å²) in [7, 11) is 0. The van der Waals surface area contributed by atoms with Crippen LogP contribution in [0.4, 0.5) is 8.78 Å². The molecule has 0 amide bonds. The zero-order valence-corrected chi connectivity index (χ0v) is 6.00. The van der Waals surface area contributed by atoms with Crippen LogP contribution in [0.25, 0.3) is 0 Å². The first-order chi connectivity index (χ1) is 4.51. The number of nitrogens with one attached hydrogen (secondary N) is 1. The molecule has 0 aromatic carbocycles. The fraction of sp³-hybridized carbons (Fsp3) is 0.800. The van der Waals surface area contributed by atoms with Gasteiger partial charge in [-0.05, 0) is 0 Å². The summed E-state index contributed by atoms with van der Waals surface area (Å²) in [4.78, 5) is 10.4.